The van der Waals surface area contributed by atoms with Gasteiger partial charge in [-0.15, -0.1) is 0 Å². The number of benzene rings is 8. The average Bonchev–Trinajstić information content (AvgIpc) is 3.24. The van der Waals surface area contributed by atoms with Crippen LogP contribution in [0.2, 0.25) is 0 Å². The number of rotatable bonds is 5. The Bertz CT molecular complexity index is 2620. The maximum atomic E-state index is 2.57. The number of anilines is 6. The lowest BCUT2D eigenvalue weighted by Gasteiger charge is -2.45. The van der Waals surface area contributed by atoms with E-state index in [1.807, 2.05) is 0 Å². The number of fused-ring (bicyclic) bond motifs is 4. The van der Waals surface area contributed by atoms with E-state index in [0.717, 1.165) is 11.4 Å². The Balaban J connectivity index is 1.33. The van der Waals surface area contributed by atoms with Gasteiger partial charge in [0.25, 0.3) is 6.71 Å². The third-order valence-corrected chi connectivity index (χ3v) is 11.4. The van der Waals surface area contributed by atoms with Crippen molar-refractivity contribution in [2.45, 2.75) is 26.2 Å². The van der Waals surface area contributed by atoms with Crippen molar-refractivity contribution in [1.82, 2.24) is 0 Å². The second kappa shape index (κ2) is 13.1. The van der Waals surface area contributed by atoms with Gasteiger partial charge in [-0.25, -0.2) is 0 Å². The molecule has 0 aromatic heterocycles. The summed E-state index contributed by atoms with van der Waals surface area (Å²) in [6.45, 7) is 7.06. The topological polar surface area (TPSA) is 6.48 Å². The maximum absolute atomic E-state index is 2.57. The van der Waals surface area contributed by atoms with E-state index < -0.39 is 0 Å². The van der Waals surface area contributed by atoms with Crippen LogP contribution in [-0.2, 0) is 5.41 Å². The molecule has 2 heterocycles. The van der Waals surface area contributed by atoms with Crippen molar-refractivity contribution in [3.63, 3.8) is 0 Å². The Labute approximate surface area is 325 Å². The first-order valence-electron chi connectivity index (χ1n) is 19.3. The van der Waals surface area contributed by atoms with E-state index in [1.165, 1.54) is 78.1 Å². The molecule has 2 aliphatic rings. The summed E-state index contributed by atoms with van der Waals surface area (Å²) in [5, 5.41) is 0. The van der Waals surface area contributed by atoms with Gasteiger partial charge in [0.1, 0.15) is 0 Å². The molecule has 0 unspecified atom stereocenters. The zero-order valence-electron chi connectivity index (χ0n) is 31.4. The molecule has 2 nitrogen and oxygen atoms in total. The molecule has 0 aliphatic carbocycles. The first kappa shape index (κ1) is 33.0. The van der Waals surface area contributed by atoms with E-state index >= 15 is 0 Å². The van der Waals surface area contributed by atoms with Crippen LogP contribution in [0.3, 0.4) is 0 Å². The van der Waals surface area contributed by atoms with Crippen molar-refractivity contribution in [3.8, 4) is 33.4 Å². The second-order valence-electron chi connectivity index (χ2n) is 15.8. The minimum atomic E-state index is -0.0979. The summed E-state index contributed by atoms with van der Waals surface area (Å²) in [6, 6.07) is 71.6. The standard InChI is InChI=1S/C52H41BN2/c1-52(2,3)42-34-49-51-50(35-42)55(44-31-40(37-20-10-5-11-21-37)30-41(32-44)38-22-12-6-13-23-38)48-33-39(36-18-8-4-9-19-36)28-29-46(48)53(51)45-26-16-17-27-47(45)54(49)43-24-14-7-15-25-43/h4-35H,1-3H3. The molecule has 55 heavy (non-hydrogen) atoms. The number of para-hydroxylation sites is 2. The monoisotopic (exact) mass is 704 g/mol. The van der Waals surface area contributed by atoms with Crippen LogP contribution in [0.25, 0.3) is 33.4 Å². The van der Waals surface area contributed by atoms with E-state index in [9.17, 15) is 0 Å². The summed E-state index contributed by atoms with van der Waals surface area (Å²) in [5.74, 6) is 0. The van der Waals surface area contributed by atoms with E-state index in [4.69, 9.17) is 0 Å². The second-order valence-corrected chi connectivity index (χ2v) is 15.8. The zero-order chi connectivity index (χ0) is 37.1. The number of hydrogen-bond acceptors (Lipinski definition) is 2. The van der Waals surface area contributed by atoms with Crippen LogP contribution in [0.4, 0.5) is 34.1 Å². The molecule has 0 atom stereocenters. The molecule has 0 amide bonds. The summed E-state index contributed by atoms with van der Waals surface area (Å²) >= 11 is 0. The first-order chi connectivity index (χ1) is 26.9. The average molecular weight is 705 g/mol. The first-order valence-corrected chi connectivity index (χ1v) is 19.3. The van der Waals surface area contributed by atoms with Gasteiger partial charge in [-0.1, -0.05) is 160 Å². The summed E-state index contributed by atoms with van der Waals surface area (Å²) in [6.07, 6.45) is 0. The van der Waals surface area contributed by atoms with Gasteiger partial charge < -0.3 is 9.80 Å². The third kappa shape index (κ3) is 5.67. The lowest BCUT2D eigenvalue weighted by Crippen LogP contribution is -2.61. The van der Waals surface area contributed by atoms with Crippen LogP contribution < -0.4 is 26.2 Å². The molecular formula is C52H41BN2. The summed E-state index contributed by atoms with van der Waals surface area (Å²) < 4.78 is 0. The molecular weight excluding hydrogens is 663 g/mol. The quantitative estimate of drug-likeness (QED) is 0.165. The summed E-state index contributed by atoms with van der Waals surface area (Å²) in [4.78, 5) is 5.07. The van der Waals surface area contributed by atoms with Crippen LogP contribution >= 0.6 is 0 Å². The molecule has 0 saturated carbocycles. The van der Waals surface area contributed by atoms with Crippen molar-refractivity contribution in [2.75, 3.05) is 9.80 Å². The highest BCUT2D eigenvalue weighted by atomic mass is 15.2. The van der Waals surface area contributed by atoms with E-state index in [2.05, 4.69) is 225 Å². The molecule has 0 spiro atoms. The van der Waals surface area contributed by atoms with Gasteiger partial charge in [-0.3, -0.25) is 0 Å². The van der Waals surface area contributed by atoms with Gasteiger partial charge >= 0.3 is 0 Å². The van der Waals surface area contributed by atoms with E-state index in [1.54, 1.807) is 0 Å². The van der Waals surface area contributed by atoms with Crippen molar-refractivity contribution < 1.29 is 0 Å². The fourth-order valence-electron chi connectivity index (χ4n) is 8.65. The highest BCUT2D eigenvalue weighted by Crippen LogP contribution is 2.47. The Morgan fingerprint density at radius 2 is 0.818 bits per heavy atom. The van der Waals surface area contributed by atoms with Gasteiger partial charge in [-0.2, -0.15) is 0 Å². The molecule has 0 saturated heterocycles. The summed E-state index contributed by atoms with van der Waals surface area (Å²) in [5.41, 5.74) is 19.6. The predicted octanol–water partition coefficient (Wildman–Crippen LogP) is 12.1. The van der Waals surface area contributed by atoms with Crippen LogP contribution in [0.1, 0.15) is 26.3 Å². The normalized spacial score (nSPS) is 12.9. The summed E-state index contributed by atoms with van der Waals surface area (Å²) in [7, 11) is 0. The van der Waals surface area contributed by atoms with Crippen LogP contribution in [0.15, 0.2) is 194 Å². The molecule has 8 aromatic carbocycles. The van der Waals surface area contributed by atoms with Crippen molar-refractivity contribution >= 4 is 57.2 Å². The van der Waals surface area contributed by atoms with E-state index in [0.29, 0.717) is 0 Å². The zero-order valence-corrected chi connectivity index (χ0v) is 31.4. The molecule has 0 N–H and O–H groups in total. The molecule has 3 heteroatoms. The molecule has 8 aromatic rings. The minimum absolute atomic E-state index is 0.0529. The van der Waals surface area contributed by atoms with Crippen molar-refractivity contribution in [3.05, 3.63) is 200 Å². The van der Waals surface area contributed by atoms with Gasteiger partial charge in [-0.05, 0) is 115 Å². The van der Waals surface area contributed by atoms with Gasteiger partial charge in [0.2, 0.25) is 0 Å². The molecule has 10 rings (SSSR count). The Morgan fingerprint density at radius 3 is 1.38 bits per heavy atom. The van der Waals surface area contributed by atoms with Gasteiger partial charge in [0, 0.05) is 34.1 Å². The molecule has 0 bridgehead atoms. The highest BCUT2D eigenvalue weighted by molar-refractivity contribution is 7.00. The Morgan fingerprint density at radius 1 is 0.345 bits per heavy atom. The minimum Gasteiger partial charge on any atom is -0.311 e. The SMILES string of the molecule is CC(C)(C)c1cc2c3c(c1)N(c1cc(-c4ccccc4)cc(-c4ccccc4)c1)c1cc(-c4ccccc4)ccc1B3c1ccccc1N2c1ccccc1. The maximum Gasteiger partial charge on any atom is 0.252 e. The van der Waals surface area contributed by atoms with Crippen molar-refractivity contribution in [2.24, 2.45) is 0 Å². The predicted molar refractivity (Wildman–Crippen MR) is 235 cm³/mol. The smallest absolute Gasteiger partial charge is 0.252 e. The van der Waals surface area contributed by atoms with Crippen LogP contribution in [0.5, 0.6) is 0 Å². The fraction of sp³-hybridized carbons (Fsp3) is 0.0769. The lowest BCUT2D eigenvalue weighted by atomic mass is 9.33. The lowest BCUT2D eigenvalue weighted by molar-refractivity contribution is 0.590. The molecule has 0 radical (unpaired) electrons. The Hall–Kier alpha value is -6.58. The highest BCUT2D eigenvalue weighted by Gasteiger charge is 2.44. The number of nitrogens with zero attached hydrogens (tertiary/aromatic N) is 2. The molecule has 262 valence electrons. The Kier molecular flexibility index (Phi) is 7.85. The number of hydrogen-bond donors (Lipinski definition) is 0. The third-order valence-electron chi connectivity index (χ3n) is 11.4. The largest absolute Gasteiger partial charge is 0.311 e. The van der Waals surface area contributed by atoms with E-state index in [-0.39, 0.29) is 12.1 Å². The van der Waals surface area contributed by atoms with Crippen LogP contribution in [0, 0.1) is 0 Å². The van der Waals surface area contributed by atoms with Gasteiger partial charge in [0.15, 0.2) is 0 Å². The van der Waals surface area contributed by atoms with Gasteiger partial charge in [0.05, 0.1) is 0 Å². The molecule has 2 aliphatic heterocycles. The van der Waals surface area contributed by atoms with Crippen molar-refractivity contribution in [1.29, 1.82) is 0 Å². The fourth-order valence-corrected chi connectivity index (χ4v) is 8.65. The molecule has 0 fully saturated rings. The van der Waals surface area contributed by atoms with Crippen LogP contribution in [-0.4, -0.2) is 6.71 Å².